The maximum atomic E-state index is 6.06. The van der Waals surface area contributed by atoms with Crippen LogP contribution in [-0.4, -0.2) is 24.8 Å². The lowest BCUT2D eigenvalue weighted by molar-refractivity contribution is 0.460. The van der Waals surface area contributed by atoms with Crippen LogP contribution in [0.5, 0.6) is 0 Å². The molecular weight excluding hydrogens is 264 g/mol. The van der Waals surface area contributed by atoms with E-state index >= 15 is 0 Å². The van der Waals surface area contributed by atoms with Gasteiger partial charge in [0.05, 0.1) is 36.2 Å². The second-order valence-corrected chi connectivity index (χ2v) is 5.96. The van der Waals surface area contributed by atoms with Crippen LogP contribution in [0, 0.1) is 0 Å². The van der Waals surface area contributed by atoms with E-state index in [2.05, 4.69) is 39.3 Å². The molecule has 1 aliphatic carbocycles. The lowest BCUT2D eigenvalue weighted by Crippen LogP contribution is -2.10. The minimum Gasteiger partial charge on any atom is -0.323 e. The summed E-state index contributed by atoms with van der Waals surface area (Å²) in [6.45, 7) is 2.78. The first-order chi connectivity index (χ1) is 10.3. The van der Waals surface area contributed by atoms with E-state index < -0.39 is 0 Å². The summed E-state index contributed by atoms with van der Waals surface area (Å²) in [6, 6.07) is 2.65. The molecule has 0 radical (unpaired) electrons. The van der Waals surface area contributed by atoms with Gasteiger partial charge in [-0.2, -0.15) is 5.10 Å². The molecule has 0 saturated heterocycles. The molecule has 21 heavy (non-hydrogen) atoms. The average molecular weight is 288 g/mol. The molecule has 1 fully saturated rings. The van der Waals surface area contributed by atoms with Crippen LogP contribution in [0.2, 0.25) is 0 Å². The largest absolute Gasteiger partial charge is 0.323 e. The monoisotopic (exact) mass is 288 g/mol. The molecule has 0 aliphatic heterocycles. The Labute approximate surface area is 125 Å². The summed E-state index contributed by atoms with van der Waals surface area (Å²) in [5.74, 6) is 0. The van der Waals surface area contributed by atoms with E-state index in [-0.39, 0.29) is 6.04 Å². The Bertz CT molecular complexity index is 566. The first-order valence-electron chi connectivity index (χ1n) is 7.96. The van der Waals surface area contributed by atoms with E-state index in [1.807, 2.05) is 10.9 Å². The van der Waals surface area contributed by atoms with Crippen molar-refractivity contribution in [3.63, 3.8) is 0 Å². The van der Waals surface area contributed by atoms with Gasteiger partial charge in [-0.15, -0.1) is 5.10 Å². The van der Waals surface area contributed by atoms with Crippen molar-refractivity contribution >= 4 is 0 Å². The van der Waals surface area contributed by atoms with Gasteiger partial charge in [-0.3, -0.25) is 4.68 Å². The van der Waals surface area contributed by atoms with Gasteiger partial charge in [0, 0.05) is 6.20 Å². The summed E-state index contributed by atoms with van der Waals surface area (Å²) >= 11 is 0. The molecule has 1 saturated carbocycles. The summed E-state index contributed by atoms with van der Waals surface area (Å²) in [5, 5.41) is 13.0. The molecule has 0 amide bonds. The van der Waals surface area contributed by atoms with Crippen LogP contribution in [0.1, 0.15) is 68.9 Å². The fourth-order valence-corrected chi connectivity index (χ4v) is 3.02. The van der Waals surface area contributed by atoms with E-state index in [0.29, 0.717) is 12.6 Å². The van der Waals surface area contributed by atoms with Gasteiger partial charge in [0.2, 0.25) is 0 Å². The first-order valence-corrected chi connectivity index (χ1v) is 7.96. The number of aromatic nitrogens is 5. The van der Waals surface area contributed by atoms with Crippen molar-refractivity contribution in [2.75, 3.05) is 0 Å². The van der Waals surface area contributed by atoms with Gasteiger partial charge in [0.1, 0.15) is 0 Å². The molecule has 0 aromatic carbocycles. The van der Waals surface area contributed by atoms with Gasteiger partial charge in [-0.25, -0.2) is 4.68 Å². The van der Waals surface area contributed by atoms with Crippen molar-refractivity contribution in [2.45, 2.75) is 64.1 Å². The minimum absolute atomic E-state index is 0.0141. The third kappa shape index (κ3) is 3.32. The molecule has 2 aromatic rings. The van der Waals surface area contributed by atoms with E-state index in [1.165, 1.54) is 25.7 Å². The Morgan fingerprint density at radius 2 is 2.19 bits per heavy atom. The summed E-state index contributed by atoms with van der Waals surface area (Å²) < 4.78 is 3.94. The van der Waals surface area contributed by atoms with Gasteiger partial charge >= 0.3 is 0 Å². The molecule has 1 atom stereocenters. The van der Waals surface area contributed by atoms with Crippen molar-refractivity contribution in [3.05, 3.63) is 29.8 Å². The zero-order valence-electron chi connectivity index (χ0n) is 12.6. The highest BCUT2D eigenvalue weighted by atomic mass is 15.4. The standard InChI is InChI=1S/C15H24N6/c1-2-5-14(16)15-11-20(19-17-15)10-12-8-9-21(18-12)13-6-3-4-7-13/h8-9,11,13-14H,2-7,10,16H2,1H3. The molecular formula is C15H24N6. The zero-order chi connectivity index (χ0) is 14.7. The van der Waals surface area contributed by atoms with Gasteiger partial charge in [0.25, 0.3) is 0 Å². The summed E-state index contributed by atoms with van der Waals surface area (Å²) in [6.07, 6.45) is 11.2. The number of hydrogen-bond acceptors (Lipinski definition) is 4. The van der Waals surface area contributed by atoms with Crippen LogP contribution < -0.4 is 5.73 Å². The SMILES string of the molecule is CCCC(N)c1cn(Cc2ccn(C3CCCC3)n2)nn1. The minimum atomic E-state index is -0.0141. The van der Waals surface area contributed by atoms with Crippen LogP contribution in [0.3, 0.4) is 0 Å². The van der Waals surface area contributed by atoms with E-state index in [1.54, 1.807) is 0 Å². The maximum absolute atomic E-state index is 6.06. The Morgan fingerprint density at radius 1 is 1.38 bits per heavy atom. The van der Waals surface area contributed by atoms with Crippen LogP contribution in [0.4, 0.5) is 0 Å². The van der Waals surface area contributed by atoms with E-state index in [9.17, 15) is 0 Å². The predicted octanol–water partition coefficient (Wildman–Crippen LogP) is 2.44. The van der Waals surface area contributed by atoms with Crippen LogP contribution in [-0.2, 0) is 6.54 Å². The lowest BCUT2D eigenvalue weighted by Gasteiger charge is -2.08. The number of hydrogen-bond donors (Lipinski definition) is 1. The Morgan fingerprint density at radius 3 is 2.95 bits per heavy atom. The fraction of sp³-hybridized carbons (Fsp3) is 0.667. The molecule has 2 N–H and O–H groups in total. The second-order valence-electron chi connectivity index (χ2n) is 5.96. The van der Waals surface area contributed by atoms with E-state index in [4.69, 9.17) is 5.73 Å². The van der Waals surface area contributed by atoms with Crippen molar-refractivity contribution in [2.24, 2.45) is 5.73 Å². The summed E-state index contributed by atoms with van der Waals surface area (Å²) in [4.78, 5) is 0. The second kappa shape index (κ2) is 6.39. The Balaban J connectivity index is 1.63. The molecule has 1 unspecified atom stereocenters. The van der Waals surface area contributed by atoms with Gasteiger partial charge in [-0.05, 0) is 25.3 Å². The zero-order valence-corrected chi connectivity index (χ0v) is 12.6. The third-order valence-corrected chi connectivity index (χ3v) is 4.22. The molecule has 0 spiro atoms. The van der Waals surface area contributed by atoms with Crippen molar-refractivity contribution in [3.8, 4) is 0 Å². The average Bonchev–Trinajstić information content (AvgIpc) is 3.20. The topological polar surface area (TPSA) is 74.5 Å². The van der Waals surface area contributed by atoms with Crippen LogP contribution >= 0.6 is 0 Å². The van der Waals surface area contributed by atoms with Gasteiger partial charge < -0.3 is 5.73 Å². The van der Waals surface area contributed by atoms with Crippen molar-refractivity contribution in [1.29, 1.82) is 0 Å². The maximum Gasteiger partial charge on any atom is 0.0994 e. The van der Waals surface area contributed by atoms with Crippen LogP contribution in [0.25, 0.3) is 0 Å². The predicted molar refractivity (Wildman–Crippen MR) is 80.7 cm³/mol. The first kappa shape index (κ1) is 14.3. The Hall–Kier alpha value is -1.69. The Kier molecular flexibility index (Phi) is 4.34. The number of nitrogens with two attached hydrogens (primary N) is 1. The van der Waals surface area contributed by atoms with Gasteiger partial charge in [0.15, 0.2) is 0 Å². The molecule has 1 aliphatic rings. The molecule has 3 rings (SSSR count). The third-order valence-electron chi connectivity index (χ3n) is 4.22. The number of rotatable bonds is 6. The molecule has 2 heterocycles. The molecule has 0 bridgehead atoms. The molecule has 6 nitrogen and oxygen atoms in total. The number of nitrogens with zero attached hydrogens (tertiary/aromatic N) is 5. The molecule has 114 valence electrons. The summed E-state index contributed by atoms with van der Waals surface area (Å²) in [5.41, 5.74) is 7.96. The highest BCUT2D eigenvalue weighted by molar-refractivity contribution is 5.04. The van der Waals surface area contributed by atoms with Gasteiger partial charge in [-0.1, -0.05) is 31.4 Å². The lowest BCUT2D eigenvalue weighted by atomic mass is 10.1. The quantitative estimate of drug-likeness (QED) is 0.886. The fourth-order valence-electron chi connectivity index (χ4n) is 3.02. The van der Waals surface area contributed by atoms with Crippen molar-refractivity contribution < 1.29 is 0 Å². The highest BCUT2D eigenvalue weighted by Crippen LogP contribution is 2.28. The molecule has 6 heteroatoms. The summed E-state index contributed by atoms with van der Waals surface area (Å²) in [7, 11) is 0. The molecule has 2 aromatic heterocycles. The normalized spacial score (nSPS) is 17.4. The van der Waals surface area contributed by atoms with Crippen molar-refractivity contribution in [1.82, 2.24) is 24.8 Å². The van der Waals surface area contributed by atoms with E-state index in [0.717, 1.165) is 24.2 Å². The van der Waals surface area contributed by atoms with Crippen LogP contribution in [0.15, 0.2) is 18.5 Å². The smallest absolute Gasteiger partial charge is 0.0994 e. The highest BCUT2D eigenvalue weighted by Gasteiger charge is 2.17.